The van der Waals surface area contributed by atoms with Crippen molar-refractivity contribution in [3.63, 3.8) is 0 Å². The minimum atomic E-state index is 0.283. The van der Waals surface area contributed by atoms with Crippen LogP contribution in [-0.4, -0.2) is 5.78 Å². The molecule has 0 radical (unpaired) electrons. The Morgan fingerprint density at radius 1 is 1.40 bits per heavy atom. The van der Waals surface area contributed by atoms with Gasteiger partial charge in [-0.25, -0.2) is 0 Å². The monoisotopic (exact) mass is 264 g/mol. The zero-order chi connectivity index (χ0) is 10.7. The number of ketones is 1. The molecule has 78 valence electrons. The molecule has 1 aromatic rings. The smallest absolute Gasteiger partial charge is 0.162 e. The number of carbonyl (C=O) groups excluding carboxylic acids is 1. The van der Waals surface area contributed by atoms with Gasteiger partial charge in [0.25, 0.3) is 0 Å². The second kappa shape index (κ2) is 4.75. The van der Waals surface area contributed by atoms with Gasteiger partial charge < -0.3 is 0 Å². The second-order valence-corrected chi connectivity index (χ2v) is 4.77. The predicted octanol–water partition coefficient (Wildman–Crippen LogP) is 3.67. The van der Waals surface area contributed by atoms with E-state index in [1.165, 1.54) is 0 Å². The first kappa shape index (κ1) is 10.6. The van der Waals surface area contributed by atoms with Crippen LogP contribution in [0.1, 0.15) is 24.8 Å². The highest BCUT2D eigenvalue weighted by molar-refractivity contribution is 9.10. The molecule has 2 heteroatoms. The summed E-state index contributed by atoms with van der Waals surface area (Å²) in [5, 5.41) is 0. The Balaban J connectivity index is 2.05. The van der Waals surface area contributed by atoms with Gasteiger partial charge in [-0.05, 0) is 42.5 Å². The summed E-state index contributed by atoms with van der Waals surface area (Å²) >= 11 is 3.41. The van der Waals surface area contributed by atoms with Crippen LogP contribution in [-0.2, 0) is 11.2 Å². The molecule has 1 aliphatic rings. The van der Waals surface area contributed by atoms with Crippen LogP contribution in [0.25, 0.3) is 0 Å². The van der Waals surface area contributed by atoms with Crippen molar-refractivity contribution in [2.75, 3.05) is 0 Å². The molecule has 1 aliphatic carbocycles. The van der Waals surface area contributed by atoms with E-state index in [9.17, 15) is 4.79 Å². The van der Waals surface area contributed by atoms with E-state index in [2.05, 4.69) is 22.0 Å². The van der Waals surface area contributed by atoms with Crippen molar-refractivity contribution in [1.82, 2.24) is 0 Å². The van der Waals surface area contributed by atoms with Crippen molar-refractivity contribution in [3.05, 3.63) is 46.0 Å². The van der Waals surface area contributed by atoms with Crippen LogP contribution < -0.4 is 0 Å². The van der Waals surface area contributed by atoms with Crippen molar-refractivity contribution in [1.29, 1.82) is 0 Å². The fourth-order valence-corrected chi connectivity index (χ4v) is 2.32. The summed E-state index contributed by atoms with van der Waals surface area (Å²) in [5.74, 6) is 0.283. The van der Waals surface area contributed by atoms with Crippen LogP contribution in [0.5, 0.6) is 0 Å². The average molecular weight is 265 g/mol. The zero-order valence-electron chi connectivity index (χ0n) is 8.50. The summed E-state index contributed by atoms with van der Waals surface area (Å²) < 4.78 is 1.04. The highest BCUT2D eigenvalue weighted by Gasteiger charge is 2.13. The van der Waals surface area contributed by atoms with Crippen molar-refractivity contribution in [2.24, 2.45) is 0 Å². The summed E-state index contributed by atoms with van der Waals surface area (Å²) in [7, 11) is 0. The molecular weight excluding hydrogens is 252 g/mol. The van der Waals surface area contributed by atoms with Gasteiger partial charge in [0.15, 0.2) is 5.78 Å². The normalized spacial score (nSPS) is 15.1. The summed E-state index contributed by atoms with van der Waals surface area (Å²) in [5.41, 5.74) is 2.11. The number of hydrogen-bond donors (Lipinski definition) is 0. The lowest BCUT2D eigenvalue weighted by Gasteiger charge is -2.02. The molecular formula is C13H13BrO. The first-order valence-electron chi connectivity index (χ1n) is 5.22. The molecule has 0 unspecified atom stereocenters. The SMILES string of the molecule is O=C(Cc1cccc(Br)c1)C1=CCCC1. The standard InChI is InChI=1S/C13H13BrO/c14-12-7-3-4-10(8-12)9-13(15)11-5-1-2-6-11/h3-5,7-8H,1-2,6,9H2. The number of rotatable bonds is 3. The molecule has 0 aliphatic heterocycles. The second-order valence-electron chi connectivity index (χ2n) is 3.85. The van der Waals surface area contributed by atoms with Gasteiger partial charge in [0.2, 0.25) is 0 Å². The molecule has 0 saturated heterocycles. The van der Waals surface area contributed by atoms with Crippen LogP contribution in [0.4, 0.5) is 0 Å². The van der Waals surface area contributed by atoms with Crippen molar-refractivity contribution in [2.45, 2.75) is 25.7 Å². The molecule has 0 aromatic heterocycles. The first-order chi connectivity index (χ1) is 7.25. The third-order valence-corrected chi connectivity index (χ3v) is 3.15. The molecule has 0 N–H and O–H groups in total. The maximum atomic E-state index is 11.8. The molecule has 1 nitrogen and oxygen atoms in total. The van der Waals surface area contributed by atoms with Crippen molar-refractivity contribution in [3.8, 4) is 0 Å². The first-order valence-corrected chi connectivity index (χ1v) is 6.02. The van der Waals surface area contributed by atoms with Crippen molar-refractivity contribution >= 4 is 21.7 Å². The van der Waals surface area contributed by atoms with Gasteiger partial charge in [0, 0.05) is 10.9 Å². The average Bonchev–Trinajstić information content (AvgIpc) is 2.70. The molecule has 0 fully saturated rings. The Hall–Kier alpha value is -0.890. The topological polar surface area (TPSA) is 17.1 Å². The van der Waals surface area contributed by atoms with E-state index >= 15 is 0 Å². The fraction of sp³-hybridized carbons (Fsp3) is 0.308. The fourth-order valence-electron chi connectivity index (χ4n) is 1.87. The number of carbonyl (C=O) groups is 1. The van der Waals surface area contributed by atoms with E-state index in [-0.39, 0.29) is 5.78 Å². The Bertz CT molecular complexity index is 407. The van der Waals surface area contributed by atoms with Gasteiger partial charge in [0.05, 0.1) is 0 Å². The highest BCUT2D eigenvalue weighted by Crippen LogP contribution is 2.20. The summed E-state index contributed by atoms with van der Waals surface area (Å²) in [4.78, 5) is 11.8. The number of halogens is 1. The van der Waals surface area contributed by atoms with Crippen LogP contribution in [0.3, 0.4) is 0 Å². The molecule has 1 aromatic carbocycles. The van der Waals surface area contributed by atoms with Crippen molar-refractivity contribution < 1.29 is 4.79 Å². The van der Waals surface area contributed by atoms with Crippen LogP contribution >= 0.6 is 15.9 Å². The highest BCUT2D eigenvalue weighted by atomic mass is 79.9. The largest absolute Gasteiger partial charge is 0.294 e. The van der Waals surface area contributed by atoms with E-state index in [1.807, 2.05) is 24.3 Å². The van der Waals surface area contributed by atoms with Gasteiger partial charge in [-0.15, -0.1) is 0 Å². The maximum absolute atomic E-state index is 11.8. The Morgan fingerprint density at radius 2 is 2.27 bits per heavy atom. The molecule has 0 bridgehead atoms. The lowest BCUT2D eigenvalue weighted by molar-refractivity contribution is -0.115. The number of allylic oxidation sites excluding steroid dienone is 2. The van der Waals surface area contributed by atoms with Gasteiger partial charge >= 0.3 is 0 Å². The summed E-state index contributed by atoms with van der Waals surface area (Å²) in [6.45, 7) is 0. The lowest BCUT2D eigenvalue weighted by Crippen LogP contribution is -2.04. The predicted molar refractivity (Wildman–Crippen MR) is 64.8 cm³/mol. The van der Waals surface area contributed by atoms with Crippen LogP contribution in [0, 0.1) is 0 Å². The van der Waals surface area contributed by atoms with Gasteiger partial charge in [-0.1, -0.05) is 34.1 Å². The molecule has 15 heavy (non-hydrogen) atoms. The minimum absolute atomic E-state index is 0.283. The number of Topliss-reactive ketones (excluding diaryl/α,β-unsaturated/α-hetero) is 1. The molecule has 2 rings (SSSR count). The number of benzene rings is 1. The van der Waals surface area contributed by atoms with E-state index in [4.69, 9.17) is 0 Å². The number of hydrogen-bond acceptors (Lipinski definition) is 1. The third-order valence-electron chi connectivity index (χ3n) is 2.65. The molecule has 0 amide bonds. The Kier molecular flexibility index (Phi) is 3.37. The Labute approximate surface area is 98.3 Å². The quantitative estimate of drug-likeness (QED) is 0.814. The Morgan fingerprint density at radius 3 is 2.93 bits per heavy atom. The maximum Gasteiger partial charge on any atom is 0.162 e. The van der Waals surface area contributed by atoms with E-state index in [1.54, 1.807) is 0 Å². The van der Waals surface area contributed by atoms with E-state index in [0.29, 0.717) is 6.42 Å². The van der Waals surface area contributed by atoms with Crippen LogP contribution in [0.2, 0.25) is 0 Å². The minimum Gasteiger partial charge on any atom is -0.294 e. The summed E-state index contributed by atoms with van der Waals surface area (Å²) in [6, 6.07) is 7.95. The van der Waals surface area contributed by atoms with Gasteiger partial charge in [-0.2, -0.15) is 0 Å². The molecule has 0 saturated carbocycles. The third kappa shape index (κ3) is 2.78. The molecule has 0 heterocycles. The lowest BCUT2D eigenvalue weighted by atomic mass is 10.0. The van der Waals surface area contributed by atoms with Crippen LogP contribution in [0.15, 0.2) is 40.4 Å². The van der Waals surface area contributed by atoms with E-state index < -0.39 is 0 Å². The van der Waals surface area contributed by atoms with Gasteiger partial charge in [-0.3, -0.25) is 4.79 Å². The molecule has 0 spiro atoms. The summed E-state index contributed by atoms with van der Waals surface area (Å²) in [6.07, 6.45) is 5.79. The zero-order valence-corrected chi connectivity index (χ0v) is 10.1. The van der Waals surface area contributed by atoms with E-state index in [0.717, 1.165) is 34.9 Å². The van der Waals surface area contributed by atoms with Gasteiger partial charge in [0.1, 0.15) is 0 Å². The molecule has 0 atom stereocenters.